The maximum absolute atomic E-state index is 10.6. The first-order valence-corrected chi connectivity index (χ1v) is 8.09. The Morgan fingerprint density at radius 3 is 2.67 bits per heavy atom. The van der Waals surface area contributed by atoms with Gasteiger partial charge in [0, 0.05) is 12.6 Å². The van der Waals surface area contributed by atoms with Gasteiger partial charge in [-0.3, -0.25) is 15.2 Å². The number of carbonyl (C=O) groups is 1. The first-order valence-electron chi connectivity index (χ1n) is 8.09. The molecule has 5 nitrogen and oxygen atoms in total. The number of rotatable bonds is 8. The number of pyridine rings is 1. The summed E-state index contributed by atoms with van der Waals surface area (Å²) in [5, 5.41) is 13.3. The van der Waals surface area contributed by atoms with Crippen molar-refractivity contribution in [2.45, 2.75) is 39.5 Å². The highest BCUT2D eigenvalue weighted by molar-refractivity contribution is 5.99. The molecule has 0 aliphatic carbocycles. The summed E-state index contributed by atoms with van der Waals surface area (Å²) in [5.41, 5.74) is 8.03. The number of aliphatic carboxylic acids is 1. The summed E-state index contributed by atoms with van der Waals surface area (Å²) in [5.74, 6) is -0.764. The van der Waals surface area contributed by atoms with Gasteiger partial charge in [-0.25, -0.2) is 0 Å². The molecule has 1 heterocycles. The standard InChI is InChI=1S/C19H23N3O2/c1-14-10-11-15(2)18(13-14)22-21-17(8-3-4-9-19(23)24)16-7-5-6-12-20-16/h5-7,10-13,22H,3-4,8-9H2,1-2H3,(H,23,24)/b21-17-. The van der Waals surface area contributed by atoms with Gasteiger partial charge in [0.15, 0.2) is 0 Å². The number of hydrogen-bond acceptors (Lipinski definition) is 4. The zero-order chi connectivity index (χ0) is 17.4. The normalized spacial score (nSPS) is 11.3. The summed E-state index contributed by atoms with van der Waals surface area (Å²) in [6, 6.07) is 11.9. The first-order chi connectivity index (χ1) is 11.6. The Hall–Kier alpha value is -2.69. The fourth-order valence-corrected chi connectivity index (χ4v) is 2.33. The van der Waals surface area contributed by atoms with Crippen molar-refractivity contribution in [1.29, 1.82) is 0 Å². The molecule has 126 valence electrons. The second kappa shape index (κ2) is 8.82. The van der Waals surface area contributed by atoms with E-state index in [1.807, 2.05) is 32.0 Å². The van der Waals surface area contributed by atoms with E-state index >= 15 is 0 Å². The van der Waals surface area contributed by atoms with Gasteiger partial charge < -0.3 is 5.11 Å². The lowest BCUT2D eigenvalue weighted by Gasteiger charge is -2.10. The number of anilines is 1. The summed E-state index contributed by atoms with van der Waals surface area (Å²) < 4.78 is 0. The quantitative estimate of drug-likeness (QED) is 0.434. The first kappa shape index (κ1) is 17.7. The lowest BCUT2D eigenvalue weighted by atomic mass is 10.1. The van der Waals surface area contributed by atoms with Crippen molar-refractivity contribution in [2.75, 3.05) is 5.43 Å². The van der Waals surface area contributed by atoms with Gasteiger partial charge in [-0.05, 0) is 62.4 Å². The fourth-order valence-electron chi connectivity index (χ4n) is 2.33. The van der Waals surface area contributed by atoms with Crippen LogP contribution in [-0.2, 0) is 4.79 Å². The zero-order valence-electron chi connectivity index (χ0n) is 14.1. The second-order valence-electron chi connectivity index (χ2n) is 5.80. The van der Waals surface area contributed by atoms with E-state index in [-0.39, 0.29) is 6.42 Å². The molecule has 0 aliphatic rings. The number of aryl methyl sites for hydroxylation is 2. The van der Waals surface area contributed by atoms with E-state index in [2.05, 4.69) is 33.7 Å². The van der Waals surface area contributed by atoms with E-state index in [1.54, 1.807) is 6.20 Å². The Kier molecular flexibility index (Phi) is 6.49. The molecule has 24 heavy (non-hydrogen) atoms. The van der Waals surface area contributed by atoms with Crippen LogP contribution in [0.5, 0.6) is 0 Å². The molecule has 0 unspecified atom stereocenters. The van der Waals surface area contributed by atoms with E-state index in [0.29, 0.717) is 12.8 Å². The number of hydrogen-bond donors (Lipinski definition) is 2. The SMILES string of the molecule is Cc1ccc(C)c(N/N=C(/CCCCC(=O)O)c2ccccn2)c1. The maximum atomic E-state index is 10.6. The van der Waals surface area contributed by atoms with Crippen LogP contribution in [0.25, 0.3) is 0 Å². The van der Waals surface area contributed by atoms with Gasteiger partial charge in [0.25, 0.3) is 0 Å². The Balaban J connectivity index is 2.12. The summed E-state index contributed by atoms with van der Waals surface area (Å²) in [7, 11) is 0. The predicted octanol–water partition coefficient (Wildman–Crippen LogP) is 4.16. The summed E-state index contributed by atoms with van der Waals surface area (Å²) in [6.45, 7) is 4.07. The minimum absolute atomic E-state index is 0.180. The van der Waals surface area contributed by atoms with Gasteiger partial charge in [-0.15, -0.1) is 0 Å². The molecule has 0 saturated heterocycles. The monoisotopic (exact) mass is 325 g/mol. The van der Waals surface area contributed by atoms with Crippen molar-refractivity contribution in [3.63, 3.8) is 0 Å². The van der Waals surface area contributed by atoms with E-state index in [9.17, 15) is 4.79 Å². The zero-order valence-corrected chi connectivity index (χ0v) is 14.1. The molecule has 1 aromatic heterocycles. The smallest absolute Gasteiger partial charge is 0.303 e. The van der Waals surface area contributed by atoms with Crippen LogP contribution in [0.2, 0.25) is 0 Å². The number of carboxylic acids is 1. The predicted molar refractivity (Wildman–Crippen MR) is 96.4 cm³/mol. The summed E-state index contributed by atoms with van der Waals surface area (Å²) >= 11 is 0. The number of nitrogens with one attached hydrogen (secondary N) is 1. The van der Waals surface area contributed by atoms with Crippen LogP contribution < -0.4 is 5.43 Å². The molecule has 0 atom stereocenters. The number of hydrazone groups is 1. The number of carboxylic acid groups (broad SMARTS) is 1. The molecular formula is C19H23N3O2. The number of benzene rings is 1. The Morgan fingerprint density at radius 2 is 1.96 bits per heavy atom. The molecular weight excluding hydrogens is 302 g/mol. The fraction of sp³-hybridized carbons (Fsp3) is 0.316. The minimum atomic E-state index is -0.764. The molecule has 2 aromatic rings. The number of aromatic nitrogens is 1. The molecule has 2 N–H and O–H groups in total. The number of unbranched alkanes of at least 4 members (excludes halogenated alkanes) is 1. The molecule has 1 aromatic carbocycles. The molecule has 0 amide bonds. The molecule has 0 spiro atoms. The minimum Gasteiger partial charge on any atom is -0.481 e. The van der Waals surface area contributed by atoms with Crippen LogP contribution in [0.3, 0.4) is 0 Å². The lowest BCUT2D eigenvalue weighted by Crippen LogP contribution is -2.08. The van der Waals surface area contributed by atoms with Gasteiger partial charge in [-0.2, -0.15) is 5.10 Å². The average molecular weight is 325 g/mol. The third-order valence-corrected chi connectivity index (χ3v) is 3.72. The van der Waals surface area contributed by atoms with Crippen LogP contribution in [0.15, 0.2) is 47.7 Å². The van der Waals surface area contributed by atoms with Crippen molar-refractivity contribution in [1.82, 2.24) is 4.98 Å². The van der Waals surface area contributed by atoms with Crippen LogP contribution in [0.4, 0.5) is 5.69 Å². The second-order valence-corrected chi connectivity index (χ2v) is 5.80. The van der Waals surface area contributed by atoms with Crippen LogP contribution >= 0.6 is 0 Å². The van der Waals surface area contributed by atoms with Crippen molar-refractivity contribution in [3.8, 4) is 0 Å². The third-order valence-electron chi connectivity index (χ3n) is 3.72. The van der Waals surface area contributed by atoms with E-state index in [0.717, 1.165) is 29.1 Å². The average Bonchev–Trinajstić information content (AvgIpc) is 2.57. The summed E-state index contributed by atoms with van der Waals surface area (Å²) in [6.07, 6.45) is 3.99. The Bertz CT molecular complexity index is 712. The van der Waals surface area contributed by atoms with E-state index in [4.69, 9.17) is 5.11 Å². The Morgan fingerprint density at radius 1 is 1.17 bits per heavy atom. The van der Waals surface area contributed by atoms with Gasteiger partial charge in [-0.1, -0.05) is 18.2 Å². The van der Waals surface area contributed by atoms with Crippen molar-refractivity contribution in [3.05, 3.63) is 59.4 Å². The molecule has 5 heteroatoms. The highest BCUT2D eigenvalue weighted by Gasteiger charge is 2.07. The van der Waals surface area contributed by atoms with Gasteiger partial charge >= 0.3 is 5.97 Å². The summed E-state index contributed by atoms with van der Waals surface area (Å²) in [4.78, 5) is 15.0. The van der Waals surface area contributed by atoms with E-state index < -0.39 is 5.97 Å². The Labute approximate surface area is 142 Å². The molecule has 0 bridgehead atoms. The van der Waals surface area contributed by atoms with E-state index in [1.165, 1.54) is 5.56 Å². The number of nitrogens with zero attached hydrogens (tertiary/aromatic N) is 2. The van der Waals surface area contributed by atoms with Gasteiger partial charge in [0.2, 0.25) is 0 Å². The molecule has 2 rings (SSSR count). The largest absolute Gasteiger partial charge is 0.481 e. The highest BCUT2D eigenvalue weighted by atomic mass is 16.4. The molecule has 0 aliphatic heterocycles. The lowest BCUT2D eigenvalue weighted by molar-refractivity contribution is -0.137. The molecule has 0 fully saturated rings. The van der Waals surface area contributed by atoms with Crippen molar-refractivity contribution >= 4 is 17.4 Å². The maximum Gasteiger partial charge on any atom is 0.303 e. The highest BCUT2D eigenvalue weighted by Crippen LogP contribution is 2.17. The van der Waals surface area contributed by atoms with Crippen LogP contribution in [-0.4, -0.2) is 21.8 Å². The van der Waals surface area contributed by atoms with Gasteiger partial charge in [0.1, 0.15) is 0 Å². The van der Waals surface area contributed by atoms with Crippen LogP contribution in [0.1, 0.15) is 42.5 Å². The van der Waals surface area contributed by atoms with Gasteiger partial charge in [0.05, 0.1) is 17.1 Å². The van der Waals surface area contributed by atoms with Crippen molar-refractivity contribution < 1.29 is 9.90 Å². The third kappa shape index (κ3) is 5.50. The van der Waals surface area contributed by atoms with Crippen LogP contribution in [0, 0.1) is 13.8 Å². The van der Waals surface area contributed by atoms with Crippen molar-refractivity contribution in [2.24, 2.45) is 5.10 Å². The topological polar surface area (TPSA) is 74.6 Å². The molecule has 0 radical (unpaired) electrons. The molecule has 0 saturated carbocycles.